The van der Waals surface area contributed by atoms with Crippen LogP contribution >= 0.6 is 35.3 Å². The number of hydrogen-bond acceptors (Lipinski definition) is 4. The molecule has 0 aliphatic carbocycles. The number of rotatable bonds is 5. The van der Waals surface area contributed by atoms with Gasteiger partial charge in [-0.05, 0) is 42.6 Å². The van der Waals surface area contributed by atoms with E-state index in [-0.39, 0.29) is 30.1 Å². The minimum absolute atomic E-state index is 0. The molecule has 1 aliphatic heterocycles. The van der Waals surface area contributed by atoms with Crippen LogP contribution in [0.5, 0.6) is 0 Å². The summed E-state index contributed by atoms with van der Waals surface area (Å²) in [5, 5.41) is 11.2. The van der Waals surface area contributed by atoms with Gasteiger partial charge < -0.3 is 16.0 Å². The molecular weight excluding hydrogens is 381 g/mol. The second-order valence-electron chi connectivity index (χ2n) is 5.64. The normalized spacial score (nSPS) is 16.1. The van der Waals surface area contributed by atoms with Gasteiger partial charge in [-0.15, -0.1) is 23.7 Å². The number of nitrogens with one attached hydrogen (secondary N) is 3. The van der Waals surface area contributed by atoms with Crippen LogP contribution in [0.25, 0.3) is 0 Å². The lowest BCUT2D eigenvalue weighted by molar-refractivity contribution is -0.119. The number of anilines is 1. The van der Waals surface area contributed by atoms with Gasteiger partial charge >= 0.3 is 0 Å². The van der Waals surface area contributed by atoms with E-state index in [1.54, 1.807) is 29.5 Å². The van der Waals surface area contributed by atoms with Gasteiger partial charge in [-0.1, -0.05) is 17.7 Å². The highest BCUT2D eigenvalue weighted by Gasteiger charge is 2.22. The molecule has 1 aromatic heterocycles. The predicted molar refractivity (Wildman–Crippen MR) is 104 cm³/mol. The topological polar surface area (TPSA) is 70.2 Å². The summed E-state index contributed by atoms with van der Waals surface area (Å²) in [7, 11) is 0. The summed E-state index contributed by atoms with van der Waals surface area (Å²) in [6.07, 6.45) is 0.827. The average Bonchev–Trinajstić information content (AvgIpc) is 3.28. The molecule has 0 bridgehead atoms. The van der Waals surface area contributed by atoms with Gasteiger partial charge in [0.05, 0.1) is 23.0 Å². The van der Waals surface area contributed by atoms with Crippen LogP contribution in [0, 0.1) is 5.92 Å². The second kappa shape index (κ2) is 9.20. The smallest absolute Gasteiger partial charge is 0.253 e. The van der Waals surface area contributed by atoms with Gasteiger partial charge in [-0.25, -0.2) is 0 Å². The van der Waals surface area contributed by atoms with Crippen LogP contribution < -0.4 is 16.0 Å². The number of thiophene rings is 1. The van der Waals surface area contributed by atoms with E-state index in [4.69, 9.17) is 11.6 Å². The van der Waals surface area contributed by atoms with Crippen LogP contribution in [0.2, 0.25) is 5.02 Å². The Balaban J connectivity index is 0.00000225. The van der Waals surface area contributed by atoms with Gasteiger partial charge in [0.25, 0.3) is 5.91 Å². The van der Waals surface area contributed by atoms with Gasteiger partial charge in [0.15, 0.2) is 0 Å². The monoisotopic (exact) mass is 399 g/mol. The molecule has 1 aliphatic rings. The Morgan fingerprint density at radius 3 is 2.84 bits per heavy atom. The molecular formula is C17H19Cl2N3O2S. The highest BCUT2D eigenvalue weighted by atomic mass is 35.5. The molecule has 0 spiro atoms. The molecule has 1 atom stereocenters. The largest absolute Gasteiger partial charge is 0.347 e. The van der Waals surface area contributed by atoms with Crippen molar-refractivity contribution in [1.82, 2.24) is 10.6 Å². The zero-order chi connectivity index (χ0) is 16.9. The van der Waals surface area contributed by atoms with E-state index < -0.39 is 0 Å². The molecule has 1 saturated heterocycles. The summed E-state index contributed by atoms with van der Waals surface area (Å²) in [4.78, 5) is 25.6. The standard InChI is InChI=1S/C17H18ClN3O2S.ClH/c18-15-4-3-12(21-16(22)11-5-6-19-9-11)8-14(15)17(23)20-10-13-2-1-7-24-13;/h1-4,7-8,11,19H,5-6,9-10H2,(H,20,23)(H,21,22);1H. The Morgan fingerprint density at radius 1 is 1.32 bits per heavy atom. The fraction of sp³-hybridized carbons (Fsp3) is 0.294. The molecule has 3 N–H and O–H groups in total. The summed E-state index contributed by atoms with van der Waals surface area (Å²) in [6, 6.07) is 8.85. The van der Waals surface area contributed by atoms with E-state index in [2.05, 4.69) is 16.0 Å². The molecule has 25 heavy (non-hydrogen) atoms. The van der Waals surface area contributed by atoms with E-state index in [9.17, 15) is 9.59 Å². The van der Waals surface area contributed by atoms with Crippen LogP contribution in [0.4, 0.5) is 5.69 Å². The predicted octanol–water partition coefficient (Wildman–Crippen LogP) is 3.30. The van der Waals surface area contributed by atoms with Gasteiger partial charge in [-0.2, -0.15) is 0 Å². The highest BCUT2D eigenvalue weighted by Crippen LogP contribution is 2.22. The molecule has 1 aromatic carbocycles. The maximum absolute atomic E-state index is 12.3. The van der Waals surface area contributed by atoms with Crippen LogP contribution in [-0.2, 0) is 11.3 Å². The first-order chi connectivity index (χ1) is 11.6. The van der Waals surface area contributed by atoms with Gasteiger partial charge in [0, 0.05) is 17.1 Å². The maximum Gasteiger partial charge on any atom is 0.253 e. The first-order valence-corrected chi connectivity index (χ1v) is 9.01. The first kappa shape index (κ1) is 19.7. The van der Waals surface area contributed by atoms with E-state index >= 15 is 0 Å². The van der Waals surface area contributed by atoms with Crippen molar-refractivity contribution in [1.29, 1.82) is 0 Å². The van der Waals surface area contributed by atoms with Crippen molar-refractivity contribution in [2.24, 2.45) is 5.92 Å². The van der Waals surface area contributed by atoms with Crippen molar-refractivity contribution in [3.05, 3.63) is 51.2 Å². The zero-order valence-electron chi connectivity index (χ0n) is 13.4. The fourth-order valence-corrected chi connectivity index (χ4v) is 3.42. The van der Waals surface area contributed by atoms with Crippen LogP contribution in [0.15, 0.2) is 35.7 Å². The number of halogens is 2. The quantitative estimate of drug-likeness (QED) is 0.721. The number of hydrogen-bond donors (Lipinski definition) is 3. The fourth-order valence-electron chi connectivity index (χ4n) is 2.58. The zero-order valence-corrected chi connectivity index (χ0v) is 15.8. The van der Waals surface area contributed by atoms with Crippen LogP contribution in [-0.4, -0.2) is 24.9 Å². The highest BCUT2D eigenvalue weighted by molar-refractivity contribution is 7.09. The van der Waals surface area contributed by atoms with Crippen molar-refractivity contribution in [2.45, 2.75) is 13.0 Å². The van der Waals surface area contributed by atoms with Crippen molar-refractivity contribution in [3.63, 3.8) is 0 Å². The van der Waals surface area contributed by atoms with Crippen molar-refractivity contribution in [2.75, 3.05) is 18.4 Å². The van der Waals surface area contributed by atoms with Crippen molar-refractivity contribution in [3.8, 4) is 0 Å². The summed E-state index contributed by atoms with van der Waals surface area (Å²) in [5.74, 6) is -0.323. The second-order valence-corrected chi connectivity index (χ2v) is 7.08. The molecule has 3 rings (SSSR count). The number of benzene rings is 1. The molecule has 1 unspecified atom stereocenters. The molecule has 2 aromatic rings. The summed E-state index contributed by atoms with van der Waals surface area (Å²) in [5.41, 5.74) is 0.938. The Kier molecular flexibility index (Phi) is 7.25. The van der Waals surface area contributed by atoms with Gasteiger partial charge in [0.1, 0.15) is 0 Å². The average molecular weight is 400 g/mol. The maximum atomic E-state index is 12.3. The van der Waals surface area contributed by atoms with Gasteiger partial charge in [0.2, 0.25) is 5.91 Å². The molecule has 8 heteroatoms. The third-order valence-corrected chi connectivity index (χ3v) is 5.12. The molecule has 5 nitrogen and oxygen atoms in total. The first-order valence-electron chi connectivity index (χ1n) is 7.75. The third-order valence-electron chi connectivity index (χ3n) is 3.91. The van der Waals surface area contributed by atoms with Crippen LogP contribution in [0.1, 0.15) is 21.7 Å². The van der Waals surface area contributed by atoms with E-state index in [1.165, 1.54) is 0 Å². The molecule has 0 saturated carbocycles. The Labute approximate surface area is 161 Å². The number of carbonyl (C=O) groups is 2. The number of amides is 2. The number of carbonyl (C=O) groups excluding carboxylic acids is 2. The molecule has 1 fully saturated rings. The molecule has 0 radical (unpaired) electrons. The van der Waals surface area contributed by atoms with E-state index in [1.807, 2.05) is 17.5 Å². The molecule has 2 heterocycles. The SMILES string of the molecule is Cl.O=C(NCc1cccs1)c1cc(NC(=O)C2CCNC2)ccc1Cl. The van der Waals surface area contributed by atoms with Gasteiger partial charge in [-0.3, -0.25) is 9.59 Å². The summed E-state index contributed by atoms with van der Waals surface area (Å²) >= 11 is 7.71. The van der Waals surface area contributed by atoms with E-state index in [0.29, 0.717) is 29.4 Å². The Morgan fingerprint density at radius 2 is 2.16 bits per heavy atom. The summed E-state index contributed by atoms with van der Waals surface area (Å²) < 4.78 is 0. The summed E-state index contributed by atoms with van der Waals surface area (Å²) in [6.45, 7) is 2.00. The van der Waals surface area contributed by atoms with Crippen LogP contribution in [0.3, 0.4) is 0 Å². The lowest BCUT2D eigenvalue weighted by atomic mass is 10.1. The Bertz CT molecular complexity index is 731. The van der Waals surface area contributed by atoms with Crippen molar-refractivity contribution < 1.29 is 9.59 Å². The van der Waals surface area contributed by atoms with Crippen molar-refractivity contribution >= 4 is 52.8 Å². The minimum Gasteiger partial charge on any atom is -0.347 e. The lowest BCUT2D eigenvalue weighted by Crippen LogP contribution is -2.25. The minimum atomic E-state index is -0.257. The molecule has 134 valence electrons. The Hall–Kier alpha value is -1.60. The molecule has 2 amide bonds. The third kappa shape index (κ3) is 5.19. The lowest BCUT2D eigenvalue weighted by Gasteiger charge is -2.12. The van der Waals surface area contributed by atoms with E-state index in [0.717, 1.165) is 17.8 Å².